The van der Waals surface area contributed by atoms with Crippen molar-refractivity contribution in [1.29, 1.82) is 0 Å². The second-order valence-electron chi connectivity index (χ2n) is 8.97. The molecule has 1 aliphatic carbocycles. The quantitative estimate of drug-likeness (QED) is 0.752. The van der Waals surface area contributed by atoms with Gasteiger partial charge in [-0.05, 0) is 55.5 Å². The summed E-state index contributed by atoms with van der Waals surface area (Å²) in [6.45, 7) is 5.84. The van der Waals surface area contributed by atoms with Crippen molar-refractivity contribution < 1.29 is 9.59 Å². The lowest BCUT2D eigenvalue weighted by Gasteiger charge is -2.52. The maximum absolute atomic E-state index is 13.8. The topological polar surface area (TPSA) is 61.7 Å². The summed E-state index contributed by atoms with van der Waals surface area (Å²) < 4.78 is 1.75. The molecular formula is C22H29N5O2S. The van der Waals surface area contributed by atoms with Gasteiger partial charge in [0.1, 0.15) is 5.54 Å². The summed E-state index contributed by atoms with van der Waals surface area (Å²) >= 11 is 1.51. The van der Waals surface area contributed by atoms with Crippen LogP contribution in [-0.2, 0) is 11.8 Å². The van der Waals surface area contributed by atoms with Crippen molar-refractivity contribution in [2.75, 3.05) is 37.6 Å². The average Bonchev–Trinajstić information content (AvgIpc) is 3.30. The minimum atomic E-state index is -0.502. The van der Waals surface area contributed by atoms with Gasteiger partial charge in [0.25, 0.3) is 5.91 Å². The first-order valence-corrected chi connectivity index (χ1v) is 11.7. The zero-order valence-corrected chi connectivity index (χ0v) is 18.5. The van der Waals surface area contributed by atoms with Gasteiger partial charge in [-0.1, -0.05) is 0 Å². The fourth-order valence-corrected chi connectivity index (χ4v) is 5.83. The van der Waals surface area contributed by atoms with E-state index < -0.39 is 5.54 Å². The van der Waals surface area contributed by atoms with E-state index in [4.69, 9.17) is 0 Å². The number of hydrogen-bond donors (Lipinski definition) is 0. The highest BCUT2D eigenvalue weighted by Gasteiger charge is 2.52. The van der Waals surface area contributed by atoms with E-state index in [1.165, 1.54) is 24.2 Å². The monoisotopic (exact) mass is 427 g/mol. The number of piperazine rings is 1. The van der Waals surface area contributed by atoms with E-state index in [0.29, 0.717) is 32.5 Å². The number of aryl methyl sites for hydroxylation is 2. The Morgan fingerprint density at radius 2 is 2.00 bits per heavy atom. The van der Waals surface area contributed by atoms with Gasteiger partial charge in [-0.2, -0.15) is 5.10 Å². The summed E-state index contributed by atoms with van der Waals surface area (Å²) in [5.41, 5.74) is 1.41. The molecular weight excluding hydrogens is 398 g/mol. The van der Waals surface area contributed by atoms with Crippen LogP contribution >= 0.6 is 11.3 Å². The zero-order valence-electron chi connectivity index (χ0n) is 17.7. The number of aromatic nitrogens is 2. The van der Waals surface area contributed by atoms with Gasteiger partial charge in [-0.3, -0.25) is 19.2 Å². The molecule has 2 saturated heterocycles. The molecule has 2 amide bonds. The van der Waals surface area contributed by atoms with Gasteiger partial charge in [-0.15, -0.1) is 11.3 Å². The molecule has 2 aromatic heterocycles. The van der Waals surface area contributed by atoms with E-state index in [2.05, 4.69) is 10.00 Å². The van der Waals surface area contributed by atoms with Crippen LogP contribution in [0.1, 0.15) is 40.9 Å². The van der Waals surface area contributed by atoms with Gasteiger partial charge in [0, 0.05) is 46.0 Å². The van der Waals surface area contributed by atoms with Crippen LogP contribution in [0.2, 0.25) is 0 Å². The number of nitrogens with zero attached hydrogens (tertiary/aromatic N) is 5. The number of rotatable bonds is 4. The normalized spacial score (nSPS) is 22.1. The summed E-state index contributed by atoms with van der Waals surface area (Å²) in [5, 5.41) is 6.24. The molecule has 0 aromatic carbocycles. The van der Waals surface area contributed by atoms with E-state index in [1.54, 1.807) is 10.9 Å². The predicted octanol–water partition coefficient (Wildman–Crippen LogP) is 2.52. The number of likely N-dealkylation sites (tertiary alicyclic amines) is 1. The molecule has 0 atom stereocenters. The smallest absolute Gasteiger partial charge is 0.264 e. The van der Waals surface area contributed by atoms with Crippen molar-refractivity contribution in [2.45, 2.75) is 38.1 Å². The molecule has 5 rings (SSSR count). The van der Waals surface area contributed by atoms with Gasteiger partial charge < -0.3 is 9.80 Å². The van der Waals surface area contributed by atoms with E-state index in [-0.39, 0.29) is 11.8 Å². The minimum absolute atomic E-state index is 0.110. The molecule has 2 aromatic rings. The molecule has 8 heteroatoms. The SMILES string of the molecule is Cc1ccsc1C(=O)N1CCC2(CC1)C(=O)N(c1cnn(C)c1)CCN2CC1CC1. The predicted molar refractivity (Wildman–Crippen MR) is 117 cm³/mol. The van der Waals surface area contributed by atoms with Gasteiger partial charge in [0.15, 0.2) is 0 Å². The van der Waals surface area contributed by atoms with Crippen molar-refractivity contribution in [3.63, 3.8) is 0 Å². The Hall–Kier alpha value is -2.19. The first-order valence-electron chi connectivity index (χ1n) is 10.9. The molecule has 30 heavy (non-hydrogen) atoms. The Balaban J connectivity index is 1.38. The Kier molecular flexibility index (Phi) is 4.94. The number of hydrogen-bond acceptors (Lipinski definition) is 5. The lowest BCUT2D eigenvalue weighted by molar-refractivity contribution is -0.137. The number of amides is 2. The maximum Gasteiger partial charge on any atom is 0.264 e. The number of anilines is 1. The van der Waals surface area contributed by atoms with Crippen molar-refractivity contribution in [1.82, 2.24) is 19.6 Å². The van der Waals surface area contributed by atoms with Crippen LogP contribution in [0.25, 0.3) is 0 Å². The molecule has 3 aliphatic rings. The second kappa shape index (κ2) is 7.50. The van der Waals surface area contributed by atoms with Gasteiger partial charge in [-0.25, -0.2) is 0 Å². The first kappa shape index (κ1) is 19.8. The van der Waals surface area contributed by atoms with Crippen molar-refractivity contribution >= 4 is 28.8 Å². The molecule has 0 bridgehead atoms. The fraction of sp³-hybridized carbons (Fsp3) is 0.591. The van der Waals surface area contributed by atoms with Crippen LogP contribution in [0.4, 0.5) is 5.69 Å². The van der Waals surface area contributed by atoms with Crippen LogP contribution in [0.3, 0.4) is 0 Å². The third kappa shape index (κ3) is 3.36. The highest BCUT2D eigenvalue weighted by atomic mass is 32.1. The van der Waals surface area contributed by atoms with Gasteiger partial charge >= 0.3 is 0 Å². The molecule has 1 saturated carbocycles. The van der Waals surface area contributed by atoms with Crippen molar-refractivity contribution in [3.8, 4) is 0 Å². The largest absolute Gasteiger partial charge is 0.338 e. The summed E-state index contributed by atoms with van der Waals surface area (Å²) in [4.78, 5) is 34.0. The average molecular weight is 428 g/mol. The molecule has 7 nitrogen and oxygen atoms in total. The lowest BCUT2D eigenvalue weighted by atomic mass is 9.82. The lowest BCUT2D eigenvalue weighted by Crippen LogP contribution is -2.69. The second-order valence-corrected chi connectivity index (χ2v) is 9.89. The molecule has 1 spiro atoms. The van der Waals surface area contributed by atoms with Crippen molar-refractivity contribution in [2.24, 2.45) is 13.0 Å². The van der Waals surface area contributed by atoms with Crippen LogP contribution in [0.15, 0.2) is 23.8 Å². The maximum atomic E-state index is 13.8. The number of piperidine rings is 1. The van der Waals surface area contributed by atoms with Gasteiger partial charge in [0.05, 0.1) is 16.8 Å². The Morgan fingerprint density at radius 3 is 2.60 bits per heavy atom. The van der Waals surface area contributed by atoms with E-state index in [1.807, 2.05) is 41.4 Å². The molecule has 0 N–H and O–H groups in total. The Labute approximate surface area is 181 Å². The summed E-state index contributed by atoms with van der Waals surface area (Å²) in [6, 6.07) is 2.00. The minimum Gasteiger partial charge on any atom is -0.338 e. The van der Waals surface area contributed by atoms with E-state index >= 15 is 0 Å². The third-order valence-corrected chi connectivity index (χ3v) is 7.96. The number of thiophene rings is 1. The zero-order chi connectivity index (χ0) is 20.9. The van der Waals surface area contributed by atoms with Crippen molar-refractivity contribution in [3.05, 3.63) is 34.3 Å². The fourth-order valence-electron chi connectivity index (χ4n) is 4.94. The molecule has 0 radical (unpaired) electrons. The van der Waals surface area contributed by atoms with E-state index in [0.717, 1.165) is 35.1 Å². The number of carbonyl (C=O) groups is 2. The summed E-state index contributed by atoms with van der Waals surface area (Å²) in [6.07, 6.45) is 7.64. The van der Waals surface area contributed by atoms with Crippen LogP contribution in [0, 0.1) is 12.8 Å². The van der Waals surface area contributed by atoms with Gasteiger partial charge in [0.2, 0.25) is 5.91 Å². The standard InChI is InChI=1S/C22H29N5O2S/c1-16-5-12-30-19(16)20(28)25-8-6-22(7-9-25)21(29)27(18-13-23-24(2)15-18)11-10-26(22)14-17-3-4-17/h5,12-13,15,17H,3-4,6-11,14H2,1-2H3. The third-order valence-electron chi connectivity index (χ3n) is 6.95. The molecule has 2 aliphatic heterocycles. The first-order chi connectivity index (χ1) is 14.5. The van der Waals surface area contributed by atoms with Crippen LogP contribution < -0.4 is 4.90 Å². The van der Waals surface area contributed by atoms with E-state index in [9.17, 15) is 9.59 Å². The number of carbonyl (C=O) groups excluding carboxylic acids is 2. The summed E-state index contributed by atoms with van der Waals surface area (Å²) in [7, 11) is 1.88. The Morgan fingerprint density at radius 1 is 1.23 bits per heavy atom. The van der Waals surface area contributed by atoms with Crippen LogP contribution in [0.5, 0.6) is 0 Å². The summed E-state index contributed by atoms with van der Waals surface area (Å²) in [5.74, 6) is 1.02. The van der Waals surface area contributed by atoms with Crippen LogP contribution in [-0.4, -0.2) is 69.7 Å². The highest BCUT2D eigenvalue weighted by Crippen LogP contribution is 2.40. The molecule has 0 unspecified atom stereocenters. The highest BCUT2D eigenvalue weighted by molar-refractivity contribution is 7.12. The molecule has 4 heterocycles. The molecule has 160 valence electrons. The Bertz CT molecular complexity index is 954. The molecule has 3 fully saturated rings.